The first kappa shape index (κ1) is 18.2. The fourth-order valence-corrected chi connectivity index (χ4v) is 3.97. The van der Waals surface area contributed by atoms with Crippen molar-refractivity contribution in [2.24, 2.45) is 5.41 Å². The molecule has 2 fully saturated rings. The third kappa shape index (κ3) is 3.97. The van der Waals surface area contributed by atoms with E-state index in [-0.39, 0.29) is 11.3 Å². The summed E-state index contributed by atoms with van der Waals surface area (Å²) in [6, 6.07) is 3.22. The Morgan fingerprint density at radius 3 is 2.44 bits per heavy atom. The minimum Gasteiger partial charge on any atom is -0.345 e. The molecule has 0 saturated carbocycles. The molecule has 3 rings (SSSR count). The molecule has 3 nitrogen and oxygen atoms in total. The summed E-state index contributed by atoms with van der Waals surface area (Å²) in [5.41, 5.74) is -0.592. The predicted octanol–water partition coefficient (Wildman–Crippen LogP) is 3.68. The Balaban J connectivity index is 1.62. The van der Waals surface area contributed by atoms with Crippen LogP contribution >= 0.6 is 0 Å². The molecule has 0 unspecified atom stereocenters. The number of alkyl halides is 3. The first-order valence-electron chi connectivity index (χ1n) is 8.51. The van der Waals surface area contributed by atoms with Crippen LogP contribution in [0.15, 0.2) is 18.2 Å². The average molecular weight is 358 g/mol. The van der Waals surface area contributed by atoms with Crippen LogP contribution in [-0.2, 0) is 17.5 Å². The Hall–Kier alpha value is -1.63. The quantitative estimate of drug-likeness (QED) is 0.753. The molecule has 2 aliphatic rings. The van der Waals surface area contributed by atoms with E-state index >= 15 is 0 Å². The first-order valence-corrected chi connectivity index (χ1v) is 8.51. The third-order valence-corrected chi connectivity index (χ3v) is 5.53. The fourth-order valence-electron chi connectivity index (χ4n) is 3.97. The highest BCUT2D eigenvalue weighted by Crippen LogP contribution is 2.40. The van der Waals surface area contributed by atoms with Gasteiger partial charge in [0, 0.05) is 26.6 Å². The van der Waals surface area contributed by atoms with Gasteiger partial charge in [0.2, 0.25) is 5.91 Å². The second-order valence-electron chi connectivity index (χ2n) is 7.34. The molecule has 0 N–H and O–H groups in total. The highest BCUT2D eigenvalue weighted by atomic mass is 19.4. The smallest absolute Gasteiger partial charge is 0.345 e. The van der Waals surface area contributed by atoms with Gasteiger partial charge in [-0.1, -0.05) is 6.07 Å². The van der Waals surface area contributed by atoms with Gasteiger partial charge in [-0.05, 0) is 55.5 Å². The molecule has 2 aliphatic heterocycles. The van der Waals surface area contributed by atoms with Crippen molar-refractivity contribution in [2.45, 2.75) is 38.4 Å². The number of carbonyl (C=O) groups is 1. The molecule has 2 heterocycles. The molecule has 138 valence electrons. The zero-order chi connectivity index (χ0) is 18.2. The van der Waals surface area contributed by atoms with Gasteiger partial charge in [-0.2, -0.15) is 13.2 Å². The molecule has 0 radical (unpaired) electrons. The minimum absolute atomic E-state index is 0.138. The SMILES string of the molecule is CN1CC2(CCC1=O)CCN(Cc1ccc(F)c(C(F)(F)F)c1)CC2. The summed E-state index contributed by atoms with van der Waals surface area (Å²) in [5, 5.41) is 0. The zero-order valence-electron chi connectivity index (χ0n) is 14.2. The molecule has 1 spiro atoms. The minimum atomic E-state index is -4.68. The Morgan fingerprint density at radius 2 is 1.84 bits per heavy atom. The number of hydrogen-bond acceptors (Lipinski definition) is 2. The van der Waals surface area contributed by atoms with Gasteiger partial charge in [0.05, 0.1) is 5.56 Å². The normalized spacial score (nSPS) is 21.8. The van der Waals surface area contributed by atoms with Crippen molar-refractivity contribution in [1.82, 2.24) is 9.80 Å². The van der Waals surface area contributed by atoms with E-state index in [0.717, 1.165) is 51.0 Å². The molecule has 0 bridgehead atoms. The van der Waals surface area contributed by atoms with Crippen molar-refractivity contribution in [1.29, 1.82) is 0 Å². The van der Waals surface area contributed by atoms with Crippen molar-refractivity contribution < 1.29 is 22.4 Å². The van der Waals surface area contributed by atoms with Crippen LogP contribution in [0.2, 0.25) is 0 Å². The van der Waals surface area contributed by atoms with Gasteiger partial charge >= 0.3 is 6.18 Å². The van der Waals surface area contributed by atoms with Crippen molar-refractivity contribution in [2.75, 3.05) is 26.7 Å². The van der Waals surface area contributed by atoms with E-state index in [1.54, 1.807) is 4.90 Å². The van der Waals surface area contributed by atoms with E-state index in [2.05, 4.69) is 4.90 Å². The van der Waals surface area contributed by atoms with Gasteiger partial charge in [0.1, 0.15) is 5.82 Å². The lowest BCUT2D eigenvalue weighted by Crippen LogP contribution is -2.50. The molecule has 2 saturated heterocycles. The number of carbonyl (C=O) groups excluding carboxylic acids is 1. The van der Waals surface area contributed by atoms with Gasteiger partial charge in [-0.15, -0.1) is 0 Å². The van der Waals surface area contributed by atoms with Gasteiger partial charge < -0.3 is 4.90 Å². The number of amides is 1. The standard InChI is InChI=1S/C18H22F4N2O/c1-23-12-17(5-4-16(23)25)6-8-24(9-7-17)11-13-2-3-15(19)14(10-13)18(20,21)22/h2-3,10H,4-9,11-12H2,1H3. The number of rotatable bonds is 2. The Labute approximate surface area is 144 Å². The van der Waals surface area contributed by atoms with Crippen molar-refractivity contribution in [3.05, 3.63) is 35.1 Å². The van der Waals surface area contributed by atoms with Crippen LogP contribution in [0.25, 0.3) is 0 Å². The van der Waals surface area contributed by atoms with Crippen LogP contribution in [0.4, 0.5) is 17.6 Å². The van der Waals surface area contributed by atoms with E-state index in [1.807, 2.05) is 7.05 Å². The van der Waals surface area contributed by atoms with Gasteiger partial charge in [0.15, 0.2) is 0 Å². The Morgan fingerprint density at radius 1 is 1.16 bits per heavy atom. The summed E-state index contributed by atoms with van der Waals surface area (Å²) in [5.74, 6) is -1.05. The number of halogens is 4. The third-order valence-electron chi connectivity index (χ3n) is 5.53. The molecule has 25 heavy (non-hydrogen) atoms. The summed E-state index contributed by atoms with van der Waals surface area (Å²) < 4.78 is 51.9. The van der Waals surface area contributed by atoms with Gasteiger partial charge in [0.25, 0.3) is 0 Å². The number of benzene rings is 1. The Bertz CT molecular complexity index is 651. The lowest BCUT2D eigenvalue weighted by Gasteiger charge is -2.46. The molecule has 7 heteroatoms. The van der Waals surface area contributed by atoms with Crippen LogP contribution in [0.5, 0.6) is 0 Å². The number of likely N-dealkylation sites (tertiary alicyclic amines) is 2. The summed E-state index contributed by atoms with van der Waals surface area (Å²) in [4.78, 5) is 15.6. The molecular weight excluding hydrogens is 336 g/mol. The maximum Gasteiger partial charge on any atom is 0.419 e. The van der Waals surface area contributed by atoms with Crippen molar-refractivity contribution in [3.8, 4) is 0 Å². The molecule has 0 aromatic heterocycles. The maximum absolute atomic E-state index is 13.4. The molecule has 1 amide bonds. The molecule has 0 atom stereocenters. The highest BCUT2D eigenvalue weighted by Gasteiger charge is 2.40. The lowest BCUT2D eigenvalue weighted by atomic mass is 9.72. The predicted molar refractivity (Wildman–Crippen MR) is 85.2 cm³/mol. The first-order chi connectivity index (χ1) is 11.7. The van der Waals surface area contributed by atoms with E-state index in [1.165, 1.54) is 6.07 Å². The summed E-state index contributed by atoms with van der Waals surface area (Å²) in [6.45, 7) is 2.70. The number of hydrogen-bond donors (Lipinski definition) is 0. The molecular formula is C18H22F4N2O. The number of piperidine rings is 2. The highest BCUT2D eigenvalue weighted by molar-refractivity contribution is 5.76. The lowest BCUT2D eigenvalue weighted by molar-refractivity contribution is -0.140. The summed E-state index contributed by atoms with van der Waals surface area (Å²) in [7, 11) is 1.83. The van der Waals surface area contributed by atoms with Crippen LogP contribution in [-0.4, -0.2) is 42.4 Å². The van der Waals surface area contributed by atoms with Crippen LogP contribution in [0.3, 0.4) is 0 Å². The van der Waals surface area contributed by atoms with E-state index in [4.69, 9.17) is 0 Å². The van der Waals surface area contributed by atoms with E-state index in [0.29, 0.717) is 18.5 Å². The molecule has 0 aliphatic carbocycles. The summed E-state index contributed by atoms with van der Waals surface area (Å²) >= 11 is 0. The largest absolute Gasteiger partial charge is 0.419 e. The topological polar surface area (TPSA) is 23.6 Å². The van der Waals surface area contributed by atoms with E-state index in [9.17, 15) is 22.4 Å². The second-order valence-corrected chi connectivity index (χ2v) is 7.34. The molecule has 1 aromatic rings. The molecule has 1 aromatic carbocycles. The van der Waals surface area contributed by atoms with Crippen LogP contribution < -0.4 is 0 Å². The summed E-state index contributed by atoms with van der Waals surface area (Å²) in [6.07, 6.45) is -1.36. The zero-order valence-corrected chi connectivity index (χ0v) is 14.2. The van der Waals surface area contributed by atoms with Gasteiger partial charge in [-0.3, -0.25) is 9.69 Å². The maximum atomic E-state index is 13.4. The van der Waals surface area contributed by atoms with Gasteiger partial charge in [-0.25, -0.2) is 4.39 Å². The number of nitrogens with zero attached hydrogens (tertiary/aromatic N) is 2. The fraction of sp³-hybridized carbons (Fsp3) is 0.611. The van der Waals surface area contributed by atoms with Crippen LogP contribution in [0, 0.1) is 11.2 Å². The monoisotopic (exact) mass is 358 g/mol. The van der Waals surface area contributed by atoms with Crippen molar-refractivity contribution in [3.63, 3.8) is 0 Å². The van der Waals surface area contributed by atoms with Crippen LogP contribution in [0.1, 0.15) is 36.8 Å². The second kappa shape index (κ2) is 6.59. The Kier molecular flexibility index (Phi) is 4.79. The van der Waals surface area contributed by atoms with Crippen molar-refractivity contribution >= 4 is 5.91 Å². The average Bonchev–Trinajstić information content (AvgIpc) is 2.54. The van der Waals surface area contributed by atoms with E-state index < -0.39 is 17.6 Å².